The van der Waals surface area contributed by atoms with Gasteiger partial charge in [0.05, 0.1) is 12.5 Å². The average molecular weight is 209 g/mol. The largest absolute Gasteiger partial charge is 0.339 e. The molecule has 0 saturated heterocycles. The van der Waals surface area contributed by atoms with Crippen molar-refractivity contribution in [3.05, 3.63) is 34.1 Å². The van der Waals surface area contributed by atoms with E-state index in [4.69, 9.17) is 10.3 Å². The van der Waals surface area contributed by atoms with Gasteiger partial charge in [-0.05, 0) is 18.4 Å². The lowest BCUT2D eigenvalue weighted by molar-refractivity contribution is 0.366. The molecular weight excluding hydrogens is 198 g/mol. The first-order chi connectivity index (χ1) is 6.81. The van der Waals surface area contributed by atoms with Crippen molar-refractivity contribution in [2.45, 2.75) is 19.4 Å². The summed E-state index contributed by atoms with van der Waals surface area (Å²) >= 11 is 1.68. The van der Waals surface area contributed by atoms with Gasteiger partial charge in [0, 0.05) is 4.88 Å². The van der Waals surface area contributed by atoms with E-state index in [9.17, 15) is 0 Å². The van der Waals surface area contributed by atoms with Crippen LogP contribution in [0.3, 0.4) is 0 Å². The van der Waals surface area contributed by atoms with Crippen LogP contribution in [0.1, 0.15) is 29.4 Å². The summed E-state index contributed by atoms with van der Waals surface area (Å²) in [6.07, 6.45) is 0. The van der Waals surface area contributed by atoms with E-state index in [2.05, 4.69) is 16.2 Å². The van der Waals surface area contributed by atoms with E-state index < -0.39 is 0 Å². The van der Waals surface area contributed by atoms with Crippen molar-refractivity contribution >= 4 is 11.3 Å². The summed E-state index contributed by atoms with van der Waals surface area (Å²) in [6.45, 7) is 2.36. The van der Waals surface area contributed by atoms with Crippen LogP contribution >= 0.6 is 11.3 Å². The lowest BCUT2D eigenvalue weighted by Gasteiger charge is -2.01. The second-order valence-corrected chi connectivity index (χ2v) is 3.97. The molecule has 0 spiro atoms. The van der Waals surface area contributed by atoms with Crippen LogP contribution in [-0.4, -0.2) is 10.1 Å². The van der Waals surface area contributed by atoms with E-state index in [-0.39, 0.29) is 5.92 Å². The van der Waals surface area contributed by atoms with Crippen molar-refractivity contribution in [3.63, 3.8) is 0 Å². The van der Waals surface area contributed by atoms with E-state index in [1.165, 1.54) is 4.88 Å². The van der Waals surface area contributed by atoms with Gasteiger partial charge in [-0.2, -0.15) is 4.98 Å². The Kier molecular flexibility index (Phi) is 2.60. The molecule has 2 aromatic rings. The number of rotatable bonds is 3. The quantitative estimate of drug-likeness (QED) is 0.836. The fraction of sp³-hybridized carbons (Fsp3) is 0.333. The van der Waals surface area contributed by atoms with Crippen molar-refractivity contribution in [2.24, 2.45) is 5.73 Å². The van der Waals surface area contributed by atoms with Gasteiger partial charge in [0.15, 0.2) is 5.82 Å². The lowest BCUT2D eigenvalue weighted by atomic mass is 10.1. The molecule has 2 aromatic heterocycles. The molecule has 0 aromatic carbocycles. The van der Waals surface area contributed by atoms with Crippen LogP contribution in [0.4, 0.5) is 0 Å². The Labute approximate surface area is 85.7 Å². The van der Waals surface area contributed by atoms with Crippen LogP contribution in [-0.2, 0) is 6.54 Å². The first kappa shape index (κ1) is 9.36. The van der Waals surface area contributed by atoms with E-state index in [1.54, 1.807) is 11.3 Å². The fourth-order valence-corrected chi connectivity index (χ4v) is 1.96. The molecule has 4 nitrogen and oxygen atoms in total. The predicted molar refractivity (Wildman–Crippen MR) is 54.0 cm³/mol. The molecule has 2 N–H and O–H groups in total. The number of hydrogen-bond donors (Lipinski definition) is 1. The van der Waals surface area contributed by atoms with Crippen LogP contribution in [0.25, 0.3) is 0 Å². The standard InChI is InChI=1S/C9H11N3OS/c1-6(7-3-2-4-14-7)9-11-8(5-10)12-13-9/h2-4,6H,5,10H2,1H3. The molecule has 1 unspecified atom stereocenters. The van der Waals surface area contributed by atoms with Gasteiger partial charge in [-0.3, -0.25) is 0 Å². The SMILES string of the molecule is CC(c1nc(CN)no1)c1cccs1. The molecule has 0 saturated carbocycles. The van der Waals surface area contributed by atoms with Crippen LogP contribution in [0.5, 0.6) is 0 Å². The summed E-state index contributed by atoms with van der Waals surface area (Å²) in [6, 6.07) is 4.07. The molecule has 0 bridgehead atoms. The Morgan fingerprint density at radius 3 is 3.07 bits per heavy atom. The second kappa shape index (κ2) is 3.89. The Bertz CT molecular complexity index is 396. The zero-order valence-electron chi connectivity index (χ0n) is 7.80. The maximum absolute atomic E-state index is 5.40. The maximum atomic E-state index is 5.40. The lowest BCUT2D eigenvalue weighted by Crippen LogP contribution is -1.99. The summed E-state index contributed by atoms with van der Waals surface area (Å²) in [5.41, 5.74) is 5.40. The van der Waals surface area contributed by atoms with Crippen LogP contribution < -0.4 is 5.73 Å². The summed E-state index contributed by atoms with van der Waals surface area (Å²) < 4.78 is 5.11. The van der Waals surface area contributed by atoms with Gasteiger partial charge in [-0.15, -0.1) is 11.3 Å². The highest BCUT2D eigenvalue weighted by molar-refractivity contribution is 7.10. The third-order valence-corrected chi connectivity index (χ3v) is 3.06. The molecule has 1 atom stereocenters. The topological polar surface area (TPSA) is 64.9 Å². The summed E-state index contributed by atoms with van der Waals surface area (Å²) in [5.74, 6) is 1.35. The van der Waals surface area contributed by atoms with Gasteiger partial charge in [0.25, 0.3) is 0 Å². The van der Waals surface area contributed by atoms with Crippen molar-refractivity contribution in [1.29, 1.82) is 0 Å². The highest BCUT2D eigenvalue weighted by Gasteiger charge is 2.16. The first-order valence-corrected chi connectivity index (χ1v) is 5.25. The monoisotopic (exact) mass is 209 g/mol. The molecule has 74 valence electrons. The average Bonchev–Trinajstić information content (AvgIpc) is 2.88. The zero-order valence-corrected chi connectivity index (χ0v) is 8.62. The molecule has 0 amide bonds. The number of thiophene rings is 1. The van der Waals surface area contributed by atoms with Gasteiger partial charge >= 0.3 is 0 Å². The highest BCUT2D eigenvalue weighted by atomic mass is 32.1. The van der Waals surface area contributed by atoms with E-state index in [1.807, 2.05) is 18.4 Å². The van der Waals surface area contributed by atoms with Crippen molar-refractivity contribution in [1.82, 2.24) is 10.1 Å². The third kappa shape index (κ3) is 1.69. The number of nitrogens with two attached hydrogens (primary N) is 1. The predicted octanol–water partition coefficient (Wildman–Crippen LogP) is 1.74. The number of nitrogens with zero attached hydrogens (tertiary/aromatic N) is 2. The van der Waals surface area contributed by atoms with Crippen LogP contribution in [0, 0.1) is 0 Å². The van der Waals surface area contributed by atoms with Gasteiger partial charge in [0.1, 0.15) is 0 Å². The summed E-state index contributed by atoms with van der Waals surface area (Å²) in [7, 11) is 0. The number of aromatic nitrogens is 2. The maximum Gasteiger partial charge on any atom is 0.234 e. The smallest absolute Gasteiger partial charge is 0.234 e. The van der Waals surface area contributed by atoms with Crippen molar-refractivity contribution in [3.8, 4) is 0 Å². The molecule has 0 aliphatic carbocycles. The summed E-state index contributed by atoms with van der Waals surface area (Å²) in [4.78, 5) is 5.41. The van der Waals surface area contributed by atoms with Crippen molar-refractivity contribution in [2.75, 3.05) is 0 Å². The molecule has 14 heavy (non-hydrogen) atoms. The molecule has 5 heteroatoms. The summed E-state index contributed by atoms with van der Waals surface area (Å²) in [5, 5.41) is 5.79. The molecule has 0 aliphatic heterocycles. The normalized spacial score (nSPS) is 13.0. The van der Waals surface area contributed by atoms with Gasteiger partial charge in [-0.1, -0.05) is 11.2 Å². The Hall–Kier alpha value is -1.20. The molecule has 2 rings (SSSR count). The van der Waals surface area contributed by atoms with E-state index in [0.717, 1.165) is 0 Å². The zero-order chi connectivity index (χ0) is 9.97. The van der Waals surface area contributed by atoms with E-state index in [0.29, 0.717) is 18.3 Å². The fourth-order valence-electron chi connectivity index (χ4n) is 1.19. The van der Waals surface area contributed by atoms with Crippen molar-refractivity contribution < 1.29 is 4.52 Å². The first-order valence-electron chi connectivity index (χ1n) is 4.37. The molecule has 2 heterocycles. The van der Waals surface area contributed by atoms with Gasteiger partial charge in [-0.25, -0.2) is 0 Å². The molecule has 0 aliphatic rings. The Morgan fingerprint density at radius 1 is 1.64 bits per heavy atom. The molecule has 0 fully saturated rings. The minimum Gasteiger partial charge on any atom is -0.339 e. The minimum absolute atomic E-state index is 0.155. The third-order valence-electron chi connectivity index (χ3n) is 2.01. The second-order valence-electron chi connectivity index (χ2n) is 2.99. The Balaban J connectivity index is 2.23. The van der Waals surface area contributed by atoms with Crippen LogP contribution in [0.15, 0.2) is 22.0 Å². The highest BCUT2D eigenvalue weighted by Crippen LogP contribution is 2.26. The van der Waals surface area contributed by atoms with Gasteiger partial charge < -0.3 is 10.3 Å². The minimum atomic E-state index is 0.155. The van der Waals surface area contributed by atoms with Gasteiger partial charge in [0.2, 0.25) is 5.89 Å². The molecular formula is C9H11N3OS. The van der Waals surface area contributed by atoms with E-state index >= 15 is 0 Å². The number of hydrogen-bond acceptors (Lipinski definition) is 5. The molecule has 0 radical (unpaired) electrons. The Morgan fingerprint density at radius 2 is 2.50 bits per heavy atom. The van der Waals surface area contributed by atoms with Crippen LogP contribution in [0.2, 0.25) is 0 Å².